The molecule has 0 amide bonds. The number of fused-ring (bicyclic) bond motifs is 6. The van der Waals surface area contributed by atoms with Crippen molar-refractivity contribution in [2.24, 2.45) is 0 Å². The van der Waals surface area contributed by atoms with E-state index in [1.807, 2.05) is 18.2 Å². The zero-order valence-electron chi connectivity index (χ0n) is 21.1. The second kappa shape index (κ2) is 8.46. The average Bonchev–Trinajstić information content (AvgIpc) is 3.52. The van der Waals surface area contributed by atoms with Gasteiger partial charge in [0.2, 0.25) is 0 Å². The molecule has 0 aliphatic heterocycles. The molecule has 0 radical (unpaired) electrons. The number of rotatable bonds is 3. The predicted molar refractivity (Wildman–Crippen MR) is 161 cm³/mol. The molecule has 0 saturated heterocycles. The summed E-state index contributed by atoms with van der Waals surface area (Å²) in [5, 5.41) is 2.71. The van der Waals surface area contributed by atoms with E-state index in [-0.39, 0.29) is 0 Å². The van der Waals surface area contributed by atoms with Gasteiger partial charge in [-0.15, -0.1) is 0 Å². The minimum Gasteiger partial charge on any atom is -0.456 e. The fraction of sp³-hybridized carbons (Fsp3) is 0.0270. The summed E-state index contributed by atoms with van der Waals surface area (Å²) in [5.41, 5.74) is 11.0. The van der Waals surface area contributed by atoms with Crippen molar-refractivity contribution in [2.45, 2.75) is 5.41 Å². The lowest BCUT2D eigenvalue weighted by Gasteiger charge is -2.34. The van der Waals surface area contributed by atoms with Gasteiger partial charge in [-0.2, -0.15) is 0 Å². The van der Waals surface area contributed by atoms with Crippen LogP contribution in [0.5, 0.6) is 0 Å². The van der Waals surface area contributed by atoms with Crippen LogP contribution >= 0.6 is 11.6 Å². The first-order valence-corrected chi connectivity index (χ1v) is 13.6. The molecule has 1 aliphatic rings. The molecule has 0 fully saturated rings. The molecule has 0 bridgehead atoms. The van der Waals surface area contributed by atoms with E-state index in [9.17, 15) is 0 Å². The van der Waals surface area contributed by atoms with Crippen LogP contribution in [0.1, 0.15) is 22.3 Å². The van der Waals surface area contributed by atoms with E-state index < -0.39 is 5.41 Å². The van der Waals surface area contributed by atoms with Gasteiger partial charge in [0.05, 0.1) is 10.4 Å². The maximum atomic E-state index is 6.90. The topological polar surface area (TPSA) is 13.1 Å². The van der Waals surface area contributed by atoms with E-state index in [0.29, 0.717) is 5.02 Å². The summed E-state index contributed by atoms with van der Waals surface area (Å²) >= 11 is 6.90. The Labute approximate surface area is 231 Å². The van der Waals surface area contributed by atoms with Crippen molar-refractivity contribution >= 4 is 33.5 Å². The Bertz CT molecular complexity index is 1990. The molecular weight excluding hydrogens is 496 g/mol. The van der Waals surface area contributed by atoms with Crippen LogP contribution in [-0.4, -0.2) is 0 Å². The van der Waals surface area contributed by atoms with Crippen LogP contribution in [0.4, 0.5) is 0 Å². The van der Waals surface area contributed by atoms with Crippen molar-refractivity contribution in [1.29, 1.82) is 0 Å². The molecular formula is C37H23ClO. The average molecular weight is 519 g/mol. The van der Waals surface area contributed by atoms with Crippen LogP contribution in [0.2, 0.25) is 5.02 Å². The third-order valence-corrected chi connectivity index (χ3v) is 8.52. The fourth-order valence-electron chi connectivity index (χ4n) is 6.61. The summed E-state index contributed by atoms with van der Waals surface area (Å²) in [6, 6.07) is 49.7. The first-order valence-electron chi connectivity index (χ1n) is 13.2. The molecule has 0 atom stereocenters. The summed E-state index contributed by atoms with van der Waals surface area (Å²) in [5.74, 6) is 0. The van der Waals surface area contributed by atoms with Crippen molar-refractivity contribution in [2.75, 3.05) is 0 Å². The van der Waals surface area contributed by atoms with E-state index in [0.717, 1.165) is 33.1 Å². The van der Waals surface area contributed by atoms with Gasteiger partial charge in [0.1, 0.15) is 11.2 Å². The Hall–Kier alpha value is -4.59. The zero-order chi connectivity index (χ0) is 26.0. The molecule has 1 aliphatic carbocycles. The van der Waals surface area contributed by atoms with Gasteiger partial charge in [-0.1, -0.05) is 127 Å². The quantitative estimate of drug-likeness (QED) is 0.227. The van der Waals surface area contributed by atoms with Crippen LogP contribution in [0, 0.1) is 0 Å². The van der Waals surface area contributed by atoms with Crippen LogP contribution in [0.25, 0.3) is 44.2 Å². The summed E-state index contributed by atoms with van der Waals surface area (Å²) in [6.07, 6.45) is 0. The summed E-state index contributed by atoms with van der Waals surface area (Å²) in [4.78, 5) is 0. The number of hydrogen-bond donors (Lipinski definition) is 0. The minimum atomic E-state index is -0.433. The maximum absolute atomic E-state index is 6.90. The van der Waals surface area contributed by atoms with Crippen molar-refractivity contribution < 1.29 is 4.42 Å². The van der Waals surface area contributed by atoms with Gasteiger partial charge >= 0.3 is 0 Å². The summed E-state index contributed by atoms with van der Waals surface area (Å²) < 4.78 is 6.22. The lowest BCUT2D eigenvalue weighted by molar-refractivity contribution is 0.669. The van der Waals surface area contributed by atoms with Crippen molar-refractivity contribution in [3.63, 3.8) is 0 Å². The second-order valence-corrected chi connectivity index (χ2v) is 10.6. The molecule has 0 unspecified atom stereocenters. The lowest BCUT2D eigenvalue weighted by Crippen LogP contribution is -2.28. The number of halogens is 1. The van der Waals surface area contributed by atoms with Crippen molar-refractivity contribution in [1.82, 2.24) is 0 Å². The minimum absolute atomic E-state index is 0.433. The van der Waals surface area contributed by atoms with Gasteiger partial charge in [0.25, 0.3) is 0 Å². The van der Waals surface area contributed by atoms with Crippen LogP contribution in [-0.2, 0) is 5.41 Å². The zero-order valence-corrected chi connectivity index (χ0v) is 21.8. The smallest absolute Gasteiger partial charge is 0.137 e. The van der Waals surface area contributed by atoms with E-state index in [1.165, 1.54) is 33.4 Å². The normalized spacial score (nSPS) is 13.5. The fourth-order valence-corrected chi connectivity index (χ4v) is 6.93. The van der Waals surface area contributed by atoms with E-state index in [4.69, 9.17) is 16.0 Å². The summed E-state index contributed by atoms with van der Waals surface area (Å²) in [7, 11) is 0. The summed E-state index contributed by atoms with van der Waals surface area (Å²) in [6.45, 7) is 0. The third kappa shape index (κ3) is 3.14. The van der Waals surface area contributed by atoms with Crippen LogP contribution < -0.4 is 0 Å². The Balaban J connectivity index is 1.40. The highest BCUT2D eigenvalue weighted by atomic mass is 35.5. The highest BCUT2D eigenvalue weighted by molar-refractivity contribution is 6.38. The SMILES string of the molecule is Clc1cc(-c2cccc(C3(c4ccccc4)c4ccccc4-c4ccccc43)c2)cc2oc3ccccc3c12. The predicted octanol–water partition coefficient (Wildman–Crippen LogP) is 10.3. The molecule has 6 aromatic carbocycles. The lowest BCUT2D eigenvalue weighted by atomic mass is 9.67. The molecule has 0 N–H and O–H groups in total. The highest BCUT2D eigenvalue weighted by Crippen LogP contribution is 2.56. The molecule has 39 heavy (non-hydrogen) atoms. The molecule has 2 heteroatoms. The van der Waals surface area contributed by atoms with Crippen LogP contribution in [0.3, 0.4) is 0 Å². The highest BCUT2D eigenvalue weighted by Gasteiger charge is 2.45. The molecule has 1 nitrogen and oxygen atoms in total. The Morgan fingerprint density at radius 2 is 1.13 bits per heavy atom. The molecule has 0 saturated carbocycles. The molecule has 1 heterocycles. The number of hydrogen-bond acceptors (Lipinski definition) is 1. The molecule has 8 rings (SSSR count). The van der Waals surface area contributed by atoms with Gasteiger partial charge in [0.15, 0.2) is 0 Å². The first kappa shape index (κ1) is 22.4. The number of benzene rings is 6. The van der Waals surface area contributed by atoms with Gasteiger partial charge in [-0.3, -0.25) is 0 Å². The third-order valence-electron chi connectivity index (χ3n) is 8.22. The first-order chi connectivity index (χ1) is 19.2. The van der Waals surface area contributed by atoms with Gasteiger partial charge in [-0.05, 0) is 68.8 Å². The van der Waals surface area contributed by atoms with Gasteiger partial charge < -0.3 is 4.42 Å². The van der Waals surface area contributed by atoms with Crippen molar-refractivity contribution in [3.8, 4) is 22.3 Å². The van der Waals surface area contributed by atoms with E-state index >= 15 is 0 Å². The van der Waals surface area contributed by atoms with Gasteiger partial charge in [0, 0.05) is 10.8 Å². The monoisotopic (exact) mass is 518 g/mol. The Kier molecular flexibility index (Phi) is 4.86. The maximum Gasteiger partial charge on any atom is 0.137 e. The standard InChI is InChI=1S/C37H23ClO/c38-33-22-25(23-35-36(33)30-17-6-9-20-34(30)39-35)24-11-10-14-27(21-24)37(26-12-2-1-3-13-26)31-18-7-4-15-28(31)29-16-5-8-19-32(29)37/h1-23H. The number of para-hydroxylation sites is 1. The molecule has 1 aromatic heterocycles. The molecule has 0 spiro atoms. The van der Waals surface area contributed by atoms with E-state index in [1.54, 1.807) is 0 Å². The van der Waals surface area contributed by atoms with Crippen LogP contribution in [0.15, 0.2) is 144 Å². The molecule has 7 aromatic rings. The Morgan fingerprint density at radius 1 is 0.487 bits per heavy atom. The van der Waals surface area contributed by atoms with Gasteiger partial charge in [-0.25, -0.2) is 0 Å². The Morgan fingerprint density at radius 3 is 1.90 bits per heavy atom. The largest absolute Gasteiger partial charge is 0.456 e. The van der Waals surface area contributed by atoms with Crippen molar-refractivity contribution in [3.05, 3.63) is 167 Å². The molecule has 184 valence electrons. The second-order valence-electron chi connectivity index (χ2n) is 10.2. The van der Waals surface area contributed by atoms with E-state index in [2.05, 4.69) is 121 Å². The number of furan rings is 1.